The van der Waals surface area contributed by atoms with Gasteiger partial charge in [-0.3, -0.25) is 14.4 Å². The molecule has 0 aromatic heterocycles. The smallest absolute Gasteiger partial charge is 0.254 e. The summed E-state index contributed by atoms with van der Waals surface area (Å²) in [6.45, 7) is 1.86. The summed E-state index contributed by atoms with van der Waals surface area (Å²) in [5.74, 6) is -0.993. The Kier molecular flexibility index (Phi) is 7.53. The van der Waals surface area contributed by atoms with Crippen LogP contribution >= 0.6 is 0 Å². The van der Waals surface area contributed by atoms with Crippen LogP contribution in [0, 0.1) is 6.92 Å². The normalized spacial score (nSPS) is 10.5. The summed E-state index contributed by atoms with van der Waals surface area (Å²) in [4.78, 5) is 39.9. The van der Waals surface area contributed by atoms with Gasteiger partial charge in [-0.1, -0.05) is 72.8 Å². The van der Waals surface area contributed by atoms with Crippen LogP contribution in [0.15, 0.2) is 97.1 Å². The zero-order valence-electron chi connectivity index (χ0n) is 19.5. The van der Waals surface area contributed by atoms with Crippen molar-refractivity contribution in [1.29, 1.82) is 0 Å². The van der Waals surface area contributed by atoms with Crippen molar-refractivity contribution in [2.45, 2.75) is 13.5 Å². The first-order valence-electron chi connectivity index (χ1n) is 11.4. The van der Waals surface area contributed by atoms with Crippen LogP contribution in [0.4, 0.5) is 5.69 Å². The first-order chi connectivity index (χ1) is 17.0. The van der Waals surface area contributed by atoms with Crippen LogP contribution in [0.3, 0.4) is 0 Å². The number of nitrogens with zero attached hydrogens (tertiary/aromatic N) is 1. The molecule has 0 unspecified atom stereocenters. The summed E-state index contributed by atoms with van der Waals surface area (Å²) in [5, 5.41) is 7.38. The lowest BCUT2D eigenvalue weighted by Crippen LogP contribution is -2.42. The number of fused-ring (bicyclic) bond motifs is 1. The maximum atomic E-state index is 13.4. The van der Waals surface area contributed by atoms with Crippen LogP contribution in [0.1, 0.15) is 21.5 Å². The molecule has 6 heteroatoms. The van der Waals surface area contributed by atoms with Gasteiger partial charge in [-0.25, -0.2) is 0 Å². The fourth-order valence-corrected chi connectivity index (χ4v) is 3.84. The molecule has 4 aromatic rings. The second-order valence-electron chi connectivity index (χ2n) is 8.40. The van der Waals surface area contributed by atoms with Crippen molar-refractivity contribution in [3.05, 3.63) is 114 Å². The van der Waals surface area contributed by atoms with Crippen LogP contribution in [-0.4, -0.2) is 35.7 Å². The van der Waals surface area contributed by atoms with Crippen molar-refractivity contribution < 1.29 is 14.4 Å². The van der Waals surface area contributed by atoms with Gasteiger partial charge < -0.3 is 15.5 Å². The minimum Gasteiger partial charge on any atom is -0.345 e. The van der Waals surface area contributed by atoms with Gasteiger partial charge in [0.25, 0.3) is 5.91 Å². The molecule has 0 aliphatic rings. The first-order valence-corrected chi connectivity index (χ1v) is 11.4. The SMILES string of the molecule is Cc1cccc(NC(=O)CNC(=O)CN(Cc2ccccc2)C(=O)c2ccc3ccccc3c2)c1. The Morgan fingerprint density at radius 1 is 0.743 bits per heavy atom. The Hall–Kier alpha value is -4.45. The molecular weight excluding hydrogens is 438 g/mol. The predicted molar refractivity (Wildman–Crippen MR) is 138 cm³/mol. The van der Waals surface area contributed by atoms with Crippen LogP contribution in [0.25, 0.3) is 10.8 Å². The average Bonchev–Trinajstić information content (AvgIpc) is 2.87. The highest BCUT2D eigenvalue weighted by molar-refractivity contribution is 6.00. The molecule has 176 valence electrons. The number of hydrogen-bond acceptors (Lipinski definition) is 3. The minimum absolute atomic E-state index is 0.168. The molecular formula is C29H27N3O3. The third kappa shape index (κ3) is 6.54. The lowest BCUT2D eigenvalue weighted by atomic mass is 10.1. The molecule has 0 fully saturated rings. The zero-order valence-corrected chi connectivity index (χ0v) is 19.5. The van der Waals surface area contributed by atoms with E-state index in [-0.39, 0.29) is 31.4 Å². The molecule has 0 radical (unpaired) electrons. The molecule has 0 saturated carbocycles. The van der Waals surface area contributed by atoms with E-state index >= 15 is 0 Å². The monoisotopic (exact) mass is 465 g/mol. The predicted octanol–water partition coefficient (Wildman–Crippen LogP) is 4.55. The van der Waals surface area contributed by atoms with Gasteiger partial charge in [0.15, 0.2) is 0 Å². The van der Waals surface area contributed by atoms with Crippen molar-refractivity contribution in [2.75, 3.05) is 18.4 Å². The van der Waals surface area contributed by atoms with E-state index in [1.165, 1.54) is 4.90 Å². The van der Waals surface area contributed by atoms with Gasteiger partial charge >= 0.3 is 0 Å². The standard InChI is InChI=1S/C29H27N3O3/c1-21-8-7-13-26(16-21)31-27(33)18-30-28(34)20-32(19-22-9-3-2-4-10-22)29(35)25-15-14-23-11-5-6-12-24(23)17-25/h2-17H,18-20H2,1H3,(H,30,34)(H,31,33). The Balaban J connectivity index is 1.44. The fourth-order valence-electron chi connectivity index (χ4n) is 3.84. The van der Waals surface area contributed by atoms with Gasteiger partial charge in [0.05, 0.1) is 6.54 Å². The molecule has 0 saturated heterocycles. The Labute approximate surface area is 204 Å². The van der Waals surface area contributed by atoms with Gasteiger partial charge in [-0.15, -0.1) is 0 Å². The maximum absolute atomic E-state index is 13.4. The number of anilines is 1. The number of benzene rings is 4. The molecule has 3 amide bonds. The molecule has 6 nitrogen and oxygen atoms in total. The van der Waals surface area contributed by atoms with E-state index in [2.05, 4.69) is 10.6 Å². The number of aryl methyl sites for hydroxylation is 1. The van der Waals surface area contributed by atoms with E-state index in [1.54, 1.807) is 12.1 Å². The van der Waals surface area contributed by atoms with E-state index in [4.69, 9.17) is 0 Å². The summed E-state index contributed by atoms with van der Waals surface area (Å²) in [5.41, 5.74) is 3.10. The maximum Gasteiger partial charge on any atom is 0.254 e. The molecule has 0 heterocycles. The second-order valence-corrected chi connectivity index (χ2v) is 8.40. The third-order valence-corrected chi connectivity index (χ3v) is 5.58. The van der Waals surface area contributed by atoms with E-state index in [9.17, 15) is 14.4 Å². The van der Waals surface area contributed by atoms with E-state index in [1.807, 2.05) is 91.9 Å². The highest BCUT2D eigenvalue weighted by Crippen LogP contribution is 2.18. The second kappa shape index (κ2) is 11.1. The summed E-state index contributed by atoms with van der Waals surface area (Å²) in [6, 6.07) is 30.3. The van der Waals surface area contributed by atoms with E-state index < -0.39 is 5.91 Å². The van der Waals surface area contributed by atoms with Crippen molar-refractivity contribution >= 4 is 34.2 Å². The van der Waals surface area contributed by atoms with Gasteiger partial charge in [0, 0.05) is 17.8 Å². The molecule has 2 N–H and O–H groups in total. The lowest BCUT2D eigenvalue weighted by Gasteiger charge is -2.23. The number of nitrogens with one attached hydrogen (secondary N) is 2. The zero-order chi connectivity index (χ0) is 24.6. The highest BCUT2D eigenvalue weighted by atomic mass is 16.2. The van der Waals surface area contributed by atoms with Crippen molar-refractivity contribution in [3.8, 4) is 0 Å². The minimum atomic E-state index is -0.408. The molecule has 4 rings (SSSR count). The van der Waals surface area contributed by atoms with Crippen molar-refractivity contribution in [2.24, 2.45) is 0 Å². The molecule has 35 heavy (non-hydrogen) atoms. The van der Waals surface area contributed by atoms with Gasteiger partial charge in [0.1, 0.15) is 6.54 Å². The first kappa shape index (κ1) is 23.7. The summed E-state index contributed by atoms with van der Waals surface area (Å²) >= 11 is 0. The topological polar surface area (TPSA) is 78.5 Å². The number of amides is 3. The molecule has 0 spiro atoms. The van der Waals surface area contributed by atoms with Gasteiger partial charge in [0.2, 0.25) is 11.8 Å². The average molecular weight is 466 g/mol. The summed E-state index contributed by atoms with van der Waals surface area (Å²) < 4.78 is 0. The molecule has 4 aromatic carbocycles. The number of rotatable bonds is 8. The lowest BCUT2D eigenvalue weighted by molar-refractivity contribution is -0.124. The Morgan fingerprint density at radius 3 is 2.26 bits per heavy atom. The van der Waals surface area contributed by atoms with E-state index in [0.717, 1.165) is 21.9 Å². The summed E-state index contributed by atoms with van der Waals surface area (Å²) in [6.07, 6.45) is 0. The largest absolute Gasteiger partial charge is 0.345 e. The number of carbonyl (C=O) groups excluding carboxylic acids is 3. The molecule has 0 aliphatic carbocycles. The van der Waals surface area contributed by atoms with Crippen LogP contribution < -0.4 is 10.6 Å². The summed E-state index contributed by atoms with van der Waals surface area (Å²) in [7, 11) is 0. The van der Waals surface area contributed by atoms with Gasteiger partial charge in [-0.05, 0) is 53.1 Å². The van der Waals surface area contributed by atoms with Crippen LogP contribution in [0.5, 0.6) is 0 Å². The molecule has 0 bridgehead atoms. The highest BCUT2D eigenvalue weighted by Gasteiger charge is 2.20. The Bertz CT molecular complexity index is 1350. The Morgan fingerprint density at radius 2 is 1.49 bits per heavy atom. The van der Waals surface area contributed by atoms with Crippen LogP contribution in [-0.2, 0) is 16.1 Å². The van der Waals surface area contributed by atoms with Crippen molar-refractivity contribution in [3.63, 3.8) is 0 Å². The number of hydrogen-bond donors (Lipinski definition) is 2. The molecule has 0 atom stereocenters. The van der Waals surface area contributed by atoms with Gasteiger partial charge in [-0.2, -0.15) is 0 Å². The van der Waals surface area contributed by atoms with Crippen molar-refractivity contribution in [1.82, 2.24) is 10.2 Å². The number of carbonyl (C=O) groups is 3. The quantitative estimate of drug-likeness (QED) is 0.401. The fraction of sp³-hybridized carbons (Fsp3) is 0.138. The van der Waals surface area contributed by atoms with Crippen LogP contribution in [0.2, 0.25) is 0 Å². The molecule has 0 aliphatic heterocycles. The third-order valence-electron chi connectivity index (χ3n) is 5.58. The van der Waals surface area contributed by atoms with E-state index in [0.29, 0.717) is 11.3 Å².